The van der Waals surface area contributed by atoms with Gasteiger partial charge in [0.15, 0.2) is 11.6 Å². The fourth-order valence-electron chi connectivity index (χ4n) is 2.69. The Bertz CT molecular complexity index is 940. The first kappa shape index (κ1) is 22.9. The normalized spacial score (nSPS) is 11.8. The number of alkyl halides is 2. The second-order valence-electron chi connectivity index (χ2n) is 6.43. The number of amides is 1. The van der Waals surface area contributed by atoms with Crippen molar-refractivity contribution in [2.45, 2.75) is 32.8 Å². The summed E-state index contributed by atoms with van der Waals surface area (Å²) < 4.78 is 61.8. The number of amidine groups is 1. The maximum absolute atomic E-state index is 14.2. The van der Waals surface area contributed by atoms with Crippen LogP contribution < -0.4 is 15.8 Å². The van der Waals surface area contributed by atoms with Crippen LogP contribution in [0, 0.1) is 24.0 Å². The van der Waals surface area contributed by atoms with Gasteiger partial charge < -0.3 is 20.5 Å². The van der Waals surface area contributed by atoms with Crippen molar-refractivity contribution in [3.05, 3.63) is 52.9 Å². The molecule has 162 valence electrons. The molecule has 7 nitrogen and oxygen atoms in total. The standard InChI is InChI=1S/C19H20F4N4O3/c1-9(3-4-29-19(24)25)13-6-11(7-14(20)15(13)21)27-17(28)16-10(2)5-12(8-26-16)30-18(22)23/h5-9,18H,3-4H2,1-2H3,(H3,24,25)(H,27,28)/t9-/m1/s1. The monoisotopic (exact) mass is 428 g/mol. The molecule has 4 N–H and O–H groups in total. The molecular weight excluding hydrogens is 408 g/mol. The Labute approximate surface area is 169 Å². The number of carbonyl (C=O) groups is 1. The molecule has 0 aliphatic heterocycles. The van der Waals surface area contributed by atoms with Crippen LogP contribution in [0.4, 0.5) is 23.2 Å². The van der Waals surface area contributed by atoms with Crippen molar-refractivity contribution in [1.82, 2.24) is 4.98 Å². The first-order valence-electron chi connectivity index (χ1n) is 8.77. The van der Waals surface area contributed by atoms with Gasteiger partial charge in [0.25, 0.3) is 11.9 Å². The summed E-state index contributed by atoms with van der Waals surface area (Å²) >= 11 is 0. The first-order chi connectivity index (χ1) is 14.1. The van der Waals surface area contributed by atoms with Crippen LogP contribution in [0.15, 0.2) is 24.4 Å². The minimum Gasteiger partial charge on any atom is -0.466 e. The number of ether oxygens (including phenoxy) is 2. The first-order valence-corrected chi connectivity index (χ1v) is 8.77. The average molecular weight is 428 g/mol. The molecule has 0 aliphatic rings. The van der Waals surface area contributed by atoms with Crippen molar-refractivity contribution in [1.29, 1.82) is 5.41 Å². The molecule has 1 aromatic heterocycles. The van der Waals surface area contributed by atoms with Crippen LogP contribution >= 0.6 is 0 Å². The highest BCUT2D eigenvalue weighted by Gasteiger charge is 2.19. The Balaban J connectivity index is 2.19. The van der Waals surface area contributed by atoms with E-state index in [1.807, 2.05) is 0 Å². The predicted octanol–water partition coefficient (Wildman–Crippen LogP) is 3.93. The molecule has 0 bridgehead atoms. The zero-order valence-corrected chi connectivity index (χ0v) is 16.1. The minimum absolute atomic E-state index is 0.00261. The summed E-state index contributed by atoms with van der Waals surface area (Å²) in [6, 6.07) is 2.82. The quantitative estimate of drug-likeness (QED) is 0.335. The molecule has 0 unspecified atom stereocenters. The summed E-state index contributed by atoms with van der Waals surface area (Å²) in [4.78, 5) is 16.3. The summed E-state index contributed by atoms with van der Waals surface area (Å²) in [5.74, 6) is -3.67. The molecule has 30 heavy (non-hydrogen) atoms. The van der Waals surface area contributed by atoms with E-state index in [4.69, 9.17) is 15.9 Å². The number of rotatable bonds is 8. The maximum atomic E-state index is 14.2. The zero-order chi connectivity index (χ0) is 22.4. The van der Waals surface area contributed by atoms with Crippen LogP contribution in [0.25, 0.3) is 0 Å². The van der Waals surface area contributed by atoms with Crippen LogP contribution in [0.2, 0.25) is 0 Å². The lowest BCUT2D eigenvalue weighted by molar-refractivity contribution is -0.0501. The second kappa shape index (κ2) is 9.90. The van der Waals surface area contributed by atoms with Gasteiger partial charge >= 0.3 is 6.61 Å². The lowest BCUT2D eigenvalue weighted by Crippen LogP contribution is -2.17. The van der Waals surface area contributed by atoms with Crippen molar-refractivity contribution in [3.8, 4) is 5.75 Å². The number of benzene rings is 1. The highest BCUT2D eigenvalue weighted by Crippen LogP contribution is 2.28. The van der Waals surface area contributed by atoms with E-state index >= 15 is 0 Å². The Kier molecular flexibility index (Phi) is 7.56. The summed E-state index contributed by atoms with van der Waals surface area (Å²) in [7, 11) is 0. The molecule has 2 aromatic rings. The predicted molar refractivity (Wildman–Crippen MR) is 101 cm³/mol. The van der Waals surface area contributed by atoms with E-state index in [0.717, 1.165) is 12.3 Å². The molecule has 2 rings (SSSR count). The van der Waals surface area contributed by atoms with Crippen molar-refractivity contribution in [3.63, 3.8) is 0 Å². The zero-order valence-electron chi connectivity index (χ0n) is 16.1. The summed E-state index contributed by atoms with van der Waals surface area (Å²) in [6.45, 7) is 0.0907. The number of hydrogen-bond acceptors (Lipinski definition) is 5. The third-order valence-corrected chi connectivity index (χ3v) is 4.15. The molecule has 11 heteroatoms. The van der Waals surface area contributed by atoms with Crippen LogP contribution in [0.3, 0.4) is 0 Å². The molecule has 0 radical (unpaired) electrons. The molecule has 0 saturated carbocycles. The number of nitrogens with zero attached hydrogens (tertiary/aromatic N) is 1. The van der Waals surface area contributed by atoms with Crippen molar-refractivity contribution in [2.75, 3.05) is 11.9 Å². The summed E-state index contributed by atoms with van der Waals surface area (Å²) in [6.07, 6.45) is 1.21. The fourth-order valence-corrected chi connectivity index (χ4v) is 2.69. The topological polar surface area (TPSA) is 110 Å². The van der Waals surface area contributed by atoms with E-state index in [9.17, 15) is 22.4 Å². The Morgan fingerprint density at radius 3 is 2.60 bits per heavy atom. The van der Waals surface area contributed by atoms with Gasteiger partial charge in [0.05, 0.1) is 12.8 Å². The van der Waals surface area contributed by atoms with Gasteiger partial charge in [-0.25, -0.2) is 13.8 Å². The Hall–Kier alpha value is -3.37. The molecule has 0 aliphatic carbocycles. The number of nitrogens with two attached hydrogens (primary N) is 1. The molecule has 1 aromatic carbocycles. The van der Waals surface area contributed by atoms with Gasteiger partial charge in [-0.3, -0.25) is 10.2 Å². The number of aromatic nitrogens is 1. The largest absolute Gasteiger partial charge is 0.466 e. The molecule has 0 saturated heterocycles. The lowest BCUT2D eigenvalue weighted by Gasteiger charge is -2.16. The second-order valence-corrected chi connectivity index (χ2v) is 6.43. The van der Waals surface area contributed by atoms with Gasteiger partial charge in [0.2, 0.25) is 0 Å². The molecule has 1 amide bonds. The number of anilines is 1. The van der Waals surface area contributed by atoms with Crippen molar-refractivity contribution >= 4 is 17.6 Å². The third-order valence-electron chi connectivity index (χ3n) is 4.15. The van der Waals surface area contributed by atoms with Crippen LogP contribution in [0.1, 0.15) is 40.9 Å². The number of aryl methyl sites for hydroxylation is 1. The van der Waals surface area contributed by atoms with E-state index < -0.39 is 36.1 Å². The van der Waals surface area contributed by atoms with Crippen molar-refractivity contribution in [2.24, 2.45) is 5.73 Å². The Morgan fingerprint density at radius 2 is 2.00 bits per heavy atom. The van der Waals surface area contributed by atoms with E-state index in [0.29, 0.717) is 0 Å². The number of carbonyl (C=O) groups excluding carboxylic acids is 1. The molecule has 1 atom stereocenters. The summed E-state index contributed by atoms with van der Waals surface area (Å²) in [5.41, 5.74) is 5.23. The molecular formula is C19H20F4N4O3. The maximum Gasteiger partial charge on any atom is 0.387 e. The smallest absolute Gasteiger partial charge is 0.387 e. The fraction of sp³-hybridized carbons (Fsp3) is 0.316. The van der Waals surface area contributed by atoms with Crippen LogP contribution in [-0.4, -0.2) is 30.1 Å². The van der Waals surface area contributed by atoms with Crippen molar-refractivity contribution < 1.29 is 31.8 Å². The minimum atomic E-state index is -3.03. The van der Waals surface area contributed by atoms with Crippen LogP contribution in [0.5, 0.6) is 5.75 Å². The van der Waals surface area contributed by atoms with Gasteiger partial charge in [0, 0.05) is 11.8 Å². The van der Waals surface area contributed by atoms with E-state index in [1.54, 1.807) is 6.92 Å². The highest BCUT2D eigenvalue weighted by atomic mass is 19.3. The Morgan fingerprint density at radius 1 is 1.30 bits per heavy atom. The number of pyridine rings is 1. The van der Waals surface area contributed by atoms with Crippen LogP contribution in [-0.2, 0) is 4.74 Å². The molecule has 0 spiro atoms. The number of hydrogen-bond donors (Lipinski definition) is 3. The summed E-state index contributed by atoms with van der Waals surface area (Å²) in [5, 5.41) is 9.41. The molecule has 0 fully saturated rings. The highest BCUT2D eigenvalue weighted by molar-refractivity contribution is 6.03. The van der Waals surface area contributed by atoms with E-state index in [-0.39, 0.29) is 41.3 Å². The van der Waals surface area contributed by atoms with E-state index in [2.05, 4.69) is 15.0 Å². The van der Waals surface area contributed by atoms with Gasteiger partial charge in [-0.15, -0.1) is 0 Å². The van der Waals surface area contributed by atoms with Gasteiger partial charge in [-0.1, -0.05) is 6.92 Å². The molecule has 1 heterocycles. The average Bonchev–Trinajstić information content (AvgIpc) is 2.63. The van der Waals surface area contributed by atoms with Gasteiger partial charge in [-0.05, 0) is 42.5 Å². The van der Waals surface area contributed by atoms with Gasteiger partial charge in [0.1, 0.15) is 11.4 Å². The number of nitrogens with one attached hydrogen (secondary N) is 2. The number of halogens is 4. The third kappa shape index (κ3) is 6.06. The SMILES string of the molecule is Cc1cc(OC(F)F)cnc1C(=O)Nc1cc(F)c(F)c([C@H](C)CCOC(=N)N)c1. The van der Waals surface area contributed by atoms with Gasteiger partial charge in [-0.2, -0.15) is 8.78 Å². The van der Waals surface area contributed by atoms with E-state index in [1.165, 1.54) is 19.1 Å². The lowest BCUT2D eigenvalue weighted by atomic mass is 9.96.